The van der Waals surface area contributed by atoms with E-state index < -0.39 is 25.9 Å². The van der Waals surface area contributed by atoms with Crippen LogP contribution in [0.15, 0.2) is 47.4 Å². The van der Waals surface area contributed by atoms with Crippen molar-refractivity contribution in [2.24, 2.45) is 0 Å². The number of benzene rings is 2. The monoisotopic (exact) mass is 386 g/mol. The van der Waals surface area contributed by atoms with Crippen LogP contribution in [-0.4, -0.2) is 37.2 Å². The highest BCUT2D eigenvalue weighted by Crippen LogP contribution is 2.26. The van der Waals surface area contributed by atoms with Crippen molar-refractivity contribution in [1.82, 2.24) is 0 Å². The van der Waals surface area contributed by atoms with E-state index in [0.29, 0.717) is 11.4 Å². The Morgan fingerprint density at radius 1 is 0.840 bits per heavy atom. The van der Waals surface area contributed by atoms with Crippen molar-refractivity contribution < 1.29 is 21.2 Å². The third-order valence-electron chi connectivity index (χ3n) is 3.86. The molecule has 2 aromatic carbocycles. The van der Waals surface area contributed by atoms with E-state index in [1.165, 1.54) is 57.4 Å². The summed E-state index contributed by atoms with van der Waals surface area (Å²) in [6.07, 6.45) is 1.08. The maximum absolute atomic E-state index is 13.4. The Labute approximate surface area is 147 Å². The molecule has 0 aromatic heterocycles. The molecule has 2 aromatic rings. The van der Waals surface area contributed by atoms with E-state index in [1.54, 1.807) is 0 Å². The first-order valence-corrected chi connectivity index (χ1v) is 10.5. The van der Waals surface area contributed by atoms with Gasteiger partial charge in [0.2, 0.25) is 10.0 Å². The summed E-state index contributed by atoms with van der Waals surface area (Å²) in [5, 5.41) is 0. The number of sulfonamides is 2. The van der Waals surface area contributed by atoms with Crippen molar-refractivity contribution in [3.63, 3.8) is 0 Å². The number of hydrogen-bond donors (Lipinski definition) is 0. The third-order valence-corrected chi connectivity index (χ3v) is 6.85. The standard InChI is InChI=1S/C16H19FN2O4S2/c1-12-11-15(9-10-16(12)17)25(22,23)19(3)14-7-5-13(6-8-14)18(2)24(4,20)21/h5-11H,1-4H3. The molecule has 0 spiro atoms. The fourth-order valence-corrected chi connectivity index (χ4v) is 3.92. The van der Waals surface area contributed by atoms with Crippen LogP contribution in [0.2, 0.25) is 0 Å². The van der Waals surface area contributed by atoms with E-state index in [4.69, 9.17) is 0 Å². The van der Waals surface area contributed by atoms with Gasteiger partial charge in [0.1, 0.15) is 5.82 Å². The third kappa shape index (κ3) is 3.93. The maximum Gasteiger partial charge on any atom is 0.264 e. The molecule has 0 heterocycles. The van der Waals surface area contributed by atoms with Crippen LogP contribution >= 0.6 is 0 Å². The van der Waals surface area contributed by atoms with Gasteiger partial charge >= 0.3 is 0 Å². The van der Waals surface area contributed by atoms with E-state index in [1.807, 2.05) is 0 Å². The average molecular weight is 386 g/mol. The molecule has 0 fully saturated rings. The van der Waals surface area contributed by atoms with Gasteiger partial charge in [-0.15, -0.1) is 0 Å². The second-order valence-corrected chi connectivity index (χ2v) is 9.61. The lowest BCUT2D eigenvalue weighted by atomic mass is 10.2. The molecule has 0 aliphatic heterocycles. The van der Waals surface area contributed by atoms with Crippen LogP contribution in [0.4, 0.5) is 15.8 Å². The maximum atomic E-state index is 13.4. The summed E-state index contributed by atoms with van der Waals surface area (Å²) in [7, 11) is -4.47. The molecule has 0 aliphatic rings. The molecule has 136 valence electrons. The number of nitrogens with zero attached hydrogens (tertiary/aromatic N) is 2. The minimum Gasteiger partial charge on any atom is -0.274 e. The van der Waals surface area contributed by atoms with Crippen LogP contribution in [0.1, 0.15) is 5.56 Å². The zero-order valence-corrected chi connectivity index (χ0v) is 15.9. The van der Waals surface area contributed by atoms with Gasteiger partial charge in [-0.05, 0) is 55.0 Å². The van der Waals surface area contributed by atoms with Crippen molar-refractivity contribution in [3.8, 4) is 0 Å². The molecule has 0 amide bonds. The smallest absolute Gasteiger partial charge is 0.264 e. The van der Waals surface area contributed by atoms with Crippen LogP contribution < -0.4 is 8.61 Å². The summed E-state index contributed by atoms with van der Waals surface area (Å²) in [6.45, 7) is 1.49. The fourth-order valence-electron chi connectivity index (χ4n) is 2.14. The highest BCUT2D eigenvalue weighted by molar-refractivity contribution is 7.92. The van der Waals surface area contributed by atoms with Gasteiger partial charge in [-0.3, -0.25) is 8.61 Å². The lowest BCUT2D eigenvalue weighted by molar-refractivity contribution is 0.591. The Hall–Kier alpha value is -2.13. The Bertz CT molecular complexity index is 987. The summed E-state index contributed by atoms with van der Waals surface area (Å²) in [6, 6.07) is 9.62. The van der Waals surface area contributed by atoms with Gasteiger partial charge in [-0.2, -0.15) is 0 Å². The first-order chi connectivity index (χ1) is 11.4. The second-order valence-electron chi connectivity index (χ2n) is 5.63. The van der Waals surface area contributed by atoms with Crippen LogP contribution in [0.3, 0.4) is 0 Å². The summed E-state index contributed by atoms with van der Waals surface area (Å²) < 4.78 is 63.9. The van der Waals surface area contributed by atoms with Crippen molar-refractivity contribution in [3.05, 3.63) is 53.8 Å². The second kappa shape index (κ2) is 6.64. The highest BCUT2D eigenvalue weighted by atomic mass is 32.2. The highest BCUT2D eigenvalue weighted by Gasteiger charge is 2.22. The molecule has 0 unspecified atom stereocenters. The van der Waals surface area contributed by atoms with Gasteiger partial charge in [0.25, 0.3) is 10.0 Å². The topological polar surface area (TPSA) is 74.8 Å². The molecular weight excluding hydrogens is 367 g/mol. The van der Waals surface area contributed by atoms with E-state index in [9.17, 15) is 21.2 Å². The molecule has 9 heteroatoms. The number of anilines is 2. The average Bonchev–Trinajstić information content (AvgIpc) is 2.55. The van der Waals surface area contributed by atoms with E-state index in [2.05, 4.69) is 0 Å². The van der Waals surface area contributed by atoms with Crippen LogP contribution in [0, 0.1) is 12.7 Å². The lowest BCUT2D eigenvalue weighted by Gasteiger charge is -2.21. The molecular formula is C16H19FN2O4S2. The molecule has 0 N–H and O–H groups in total. The number of aryl methyl sites for hydroxylation is 1. The quantitative estimate of drug-likeness (QED) is 0.791. The molecule has 0 atom stereocenters. The van der Waals surface area contributed by atoms with Crippen LogP contribution in [-0.2, 0) is 20.0 Å². The van der Waals surface area contributed by atoms with Gasteiger partial charge < -0.3 is 0 Å². The SMILES string of the molecule is Cc1cc(S(=O)(=O)N(C)c2ccc(N(C)S(C)(=O)=O)cc2)ccc1F. The summed E-state index contributed by atoms with van der Waals surface area (Å²) in [5.41, 5.74) is 1.00. The lowest BCUT2D eigenvalue weighted by Crippen LogP contribution is -2.27. The van der Waals surface area contributed by atoms with Gasteiger partial charge in [0.15, 0.2) is 0 Å². The molecule has 0 aliphatic carbocycles. The Morgan fingerprint density at radius 3 is 1.76 bits per heavy atom. The van der Waals surface area contributed by atoms with E-state index in [-0.39, 0.29) is 10.5 Å². The Balaban J connectivity index is 2.36. The number of hydrogen-bond acceptors (Lipinski definition) is 4. The Morgan fingerprint density at radius 2 is 1.32 bits per heavy atom. The van der Waals surface area contributed by atoms with Crippen molar-refractivity contribution in [1.29, 1.82) is 0 Å². The largest absolute Gasteiger partial charge is 0.274 e. The fraction of sp³-hybridized carbons (Fsp3) is 0.250. The van der Waals surface area contributed by atoms with Crippen molar-refractivity contribution in [2.75, 3.05) is 29.0 Å². The van der Waals surface area contributed by atoms with Crippen LogP contribution in [0.25, 0.3) is 0 Å². The first kappa shape index (κ1) is 19.2. The van der Waals surface area contributed by atoms with Gasteiger partial charge in [-0.1, -0.05) is 0 Å². The zero-order valence-electron chi connectivity index (χ0n) is 14.3. The molecule has 0 bridgehead atoms. The molecule has 6 nitrogen and oxygen atoms in total. The molecule has 2 rings (SSSR count). The summed E-state index contributed by atoms with van der Waals surface area (Å²) in [4.78, 5) is -0.0220. The predicted octanol–water partition coefficient (Wildman–Crippen LogP) is 2.36. The zero-order chi connectivity index (χ0) is 19.0. The molecule has 0 saturated carbocycles. The first-order valence-electron chi connectivity index (χ1n) is 7.23. The van der Waals surface area contributed by atoms with Crippen molar-refractivity contribution >= 4 is 31.4 Å². The van der Waals surface area contributed by atoms with E-state index in [0.717, 1.165) is 20.9 Å². The Kier molecular flexibility index (Phi) is 5.10. The summed E-state index contributed by atoms with van der Waals surface area (Å²) in [5.74, 6) is -0.477. The molecule has 0 radical (unpaired) electrons. The van der Waals surface area contributed by atoms with Gasteiger partial charge in [-0.25, -0.2) is 21.2 Å². The predicted molar refractivity (Wildman–Crippen MR) is 96.4 cm³/mol. The number of rotatable bonds is 5. The van der Waals surface area contributed by atoms with Gasteiger partial charge in [0, 0.05) is 14.1 Å². The minimum atomic E-state index is -3.86. The minimum absolute atomic E-state index is 0.0220. The summed E-state index contributed by atoms with van der Waals surface area (Å²) >= 11 is 0. The van der Waals surface area contributed by atoms with Gasteiger partial charge in [0.05, 0.1) is 22.5 Å². The van der Waals surface area contributed by atoms with Crippen molar-refractivity contribution in [2.45, 2.75) is 11.8 Å². The molecule has 25 heavy (non-hydrogen) atoms. The number of halogens is 1. The normalized spacial score (nSPS) is 12.0. The molecule has 0 saturated heterocycles. The van der Waals surface area contributed by atoms with E-state index >= 15 is 0 Å². The van der Waals surface area contributed by atoms with Crippen LogP contribution in [0.5, 0.6) is 0 Å².